The monoisotopic (exact) mass is 343 g/mol. The fourth-order valence-electron chi connectivity index (χ4n) is 2.61. The van der Waals surface area contributed by atoms with Crippen molar-refractivity contribution in [2.24, 2.45) is 0 Å². The van der Waals surface area contributed by atoms with E-state index < -0.39 is 11.6 Å². The highest BCUT2D eigenvalue weighted by Crippen LogP contribution is 2.30. The molecule has 0 bridgehead atoms. The Bertz CT molecular complexity index is 1030. The van der Waals surface area contributed by atoms with Crippen LogP contribution < -0.4 is 0 Å². The van der Waals surface area contributed by atoms with E-state index in [4.69, 9.17) is 0 Å². The number of nitrogens with zero attached hydrogens (tertiary/aromatic N) is 1. The third kappa shape index (κ3) is 2.99. The number of para-hydroxylation sites is 1. The van der Waals surface area contributed by atoms with Gasteiger partial charge in [0, 0.05) is 16.7 Å². The number of hydrogen-bond acceptors (Lipinski definition) is 4. The molecule has 0 aliphatic heterocycles. The smallest absolute Gasteiger partial charge is 0.233 e. The van der Waals surface area contributed by atoms with Crippen molar-refractivity contribution in [1.29, 1.82) is 0 Å². The number of fused-ring (bicyclic) bond motifs is 1. The lowest BCUT2D eigenvalue weighted by atomic mass is 10.0. The van der Waals surface area contributed by atoms with Crippen molar-refractivity contribution in [1.82, 2.24) is 4.98 Å². The Balaban J connectivity index is 1.61. The Morgan fingerprint density at radius 3 is 1.96 bits per heavy atom. The summed E-state index contributed by atoms with van der Waals surface area (Å²) in [4.78, 5) is 29.2. The maximum Gasteiger partial charge on any atom is 0.233 e. The van der Waals surface area contributed by atoms with Crippen molar-refractivity contribution >= 4 is 33.1 Å². The van der Waals surface area contributed by atoms with Crippen LogP contribution in [0.3, 0.4) is 0 Å². The molecule has 3 nitrogen and oxygen atoms in total. The Morgan fingerprint density at radius 1 is 0.680 bits per heavy atom. The van der Waals surface area contributed by atoms with Gasteiger partial charge in [-0.15, -0.1) is 11.3 Å². The summed E-state index contributed by atoms with van der Waals surface area (Å²) in [5.74, 6) is -0.990. The number of aromatic nitrogens is 1. The van der Waals surface area contributed by atoms with E-state index >= 15 is 0 Å². The molecule has 0 aliphatic carbocycles. The van der Waals surface area contributed by atoms with Crippen LogP contribution in [0.1, 0.15) is 20.7 Å². The van der Waals surface area contributed by atoms with Gasteiger partial charge in [-0.25, -0.2) is 4.98 Å². The molecule has 0 amide bonds. The molecule has 3 aromatic carbocycles. The number of thiazole rings is 1. The van der Waals surface area contributed by atoms with Crippen LogP contribution in [0.25, 0.3) is 20.8 Å². The highest BCUT2D eigenvalue weighted by atomic mass is 32.1. The molecule has 25 heavy (non-hydrogen) atoms. The summed E-state index contributed by atoms with van der Waals surface area (Å²) >= 11 is 1.60. The molecule has 0 aliphatic rings. The van der Waals surface area contributed by atoms with E-state index in [1.165, 1.54) is 0 Å². The molecule has 120 valence electrons. The van der Waals surface area contributed by atoms with Crippen molar-refractivity contribution in [3.63, 3.8) is 0 Å². The highest BCUT2D eigenvalue weighted by Gasteiger charge is 2.18. The molecule has 1 heterocycles. The minimum absolute atomic E-state index is 0.388. The van der Waals surface area contributed by atoms with E-state index in [1.54, 1.807) is 47.7 Å². The molecule has 0 saturated carbocycles. The van der Waals surface area contributed by atoms with Gasteiger partial charge in [-0.3, -0.25) is 9.59 Å². The van der Waals surface area contributed by atoms with Gasteiger partial charge in [0.25, 0.3) is 0 Å². The van der Waals surface area contributed by atoms with Crippen molar-refractivity contribution in [2.45, 2.75) is 0 Å². The molecule has 0 fully saturated rings. The average Bonchev–Trinajstić information content (AvgIpc) is 3.12. The topological polar surface area (TPSA) is 47.0 Å². The van der Waals surface area contributed by atoms with Crippen molar-refractivity contribution in [2.75, 3.05) is 0 Å². The molecule has 1 aromatic heterocycles. The Labute approximate surface area is 148 Å². The number of Topliss-reactive ketones (excluding diaryl/α,β-unsaturated/α-hetero) is 2. The normalized spacial score (nSPS) is 10.7. The molecule has 0 N–H and O–H groups in total. The van der Waals surface area contributed by atoms with Crippen LogP contribution >= 0.6 is 11.3 Å². The van der Waals surface area contributed by atoms with E-state index in [0.717, 1.165) is 20.8 Å². The van der Waals surface area contributed by atoms with E-state index in [1.807, 2.05) is 42.5 Å². The van der Waals surface area contributed by atoms with E-state index in [-0.39, 0.29) is 0 Å². The van der Waals surface area contributed by atoms with Gasteiger partial charge in [0.1, 0.15) is 5.01 Å². The predicted octanol–water partition coefficient (Wildman–Crippen LogP) is 5.03. The van der Waals surface area contributed by atoms with Gasteiger partial charge in [0.2, 0.25) is 11.6 Å². The number of ketones is 2. The van der Waals surface area contributed by atoms with Crippen LogP contribution in [-0.4, -0.2) is 16.6 Å². The first-order valence-electron chi connectivity index (χ1n) is 7.82. The second-order valence-corrected chi connectivity index (χ2v) is 6.62. The molecule has 0 atom stereocenters. The van der Waals surface area contributed by atoms with Crippen LogP contribution in [0.4, 0.5) is 0 Å². The summed E-state index contributed by atoms with van der Waals surface area (Å²) < 4.78 is 1.12. The molecule has 0 spiro atoms. The minimum Gasteiger partial charge on any atom is -0.285 e. The van der Waals surface area contributed by atoms with E-state index in [2.05, 4.69) is 4.98 Å². The lowest BCUT2D eigenvalue weighted by Gasteiger charge is -2.02. The molecule has 4 rings (SSSR count). The van der Waals surface area contributed by atoms with Gasteiger partial charge in [0.15, 0.2) is 0 Å². The van der Waals surface area contributed by atoms with Crippen molar-refractivity contribution in [3.8, 4) is 10.6 Å². The quantitative estimate of drug-likeness (QED) is 0.386. The standard InChI is InChI=1S/C21H13NO2S/c23-19(14-6-2-1-3-7-14)20(24)15-10-12-16(13-11-15)21-22-17-8-4-5-9-18(17)25-21/h1-13H. The zero-order chi connectivity index (χ0) is 17.2. The fraction of sp³-hybridized carbons (Fsp3) is 0. The Hall–Kier alpha value is -3.11. The Kier molecular flexibility index (Phi) is 3.96. The second kappa shape index (κ2) is 6.42. The Morgan fingerprint density at radius 2 is 1.28 bits per heavy atom. The molecule has 0 radical (unpaired) electrons. The van der Waals surface area contributed by atoms with Gasteiger partial charge in [-0.05, 0) is 12.1 Å². The number of carbonyl (C=O) groups excluding carboxylic acids is 2. The van der Waals surface area contributed by atoms with Crippen LogP contribution in [0, 0.1) is 0 Å². The fourth-order valence-corrected chi connectivity index (χ4v) is 3.58. The lowest BCUT2D eigenvalue weighted by molar-refractivity contribution is 0.0817. The van der Waals surface area contributed by atoms with Gasteiger partial charge in [0.05, 0.1) is 10.2 Å². The maximum absolute atomic E-state index is 12.4. The van der Waals surface area contributed by atoms with Crippen LogP contribution in [0.15, 0.2) is 78.9 Å². The molecule has 4 heteroatoms. The van der Waals surface area contributed by atoms with Crippen molar-refractivity contribution in [3.05, 3.63) is 90.0 Å². The zero-order valence-corrected chi connectivity index (χ0v) is 14.0. The first kappa shape index (κ1) is 15.4. The number of rotatable bonds is 4. The predicted molar refractivity (Wildman–Crippen MR) is 100 cm³/mol. The number of benzene rings is 3. The van der Waals surface area contributed by atoms with Crippen LogP contribution in [0.2, 0.25) is 0 Å². The average molecular weight is 343 g/mol. The zero-order valence-electron chi connectivity index (χ0n) is 13.2. The van der Waals surface area contributed by atoms with Gasteiger partial charge in [-0.2, -0.15) is 0 Å². The largest absolute Gasteiger partial charge is 0.285 e. The third-order valence-corrected chi connectivity index (χ3v) is 5.02. The third-order valence-electron chi connectivity index (χ3n) is 3.93. The van der Waals surface area contributed by atoms with E-state index in [0.29, 0.717) is 11.1 Å². The molecule has 4 aromatic rings. The lowest BCUT2D eigenvalue weighted by Crippen LogP contribution is -2.14. The SMILES string of the molecule is O=C(C(=O)c1ccc(-c2nc3ccccc3s2)cc1)c1ccccc1. The second-order valence-electron chi connectivity index (χ2n) is 5.59. The first-order valence-corrected chi connectivity index (χ1v) is 8.64. The maximum atomic E-state index is 12.4. The van der Waals surface area contributed by atoms with E-state index in [9.17, 15) is 9.59 Å². The molecule has 0 saturated heterocycles. The number of carbonyl (C=O) groups is 2. The highest BCUT2D eigenvalue weighted by molar-refractivity contribution is 7.21. The molecular weight excluding hydrogens is 330 g/mol. The minimum atomic E-state index is -0.498. The molecular formula is C21H13NO2S. The summed E-state index contributed by atoms with van der Waals surface area (Å²) in [6.07, 6.45) is 0. The van der Waals surface area contributed by atoms with Crippen LogP contribution in [0.5, 0.6) is 0 Å². The summed E-state index contributed by atoms with van der Waals surface area (Å²) in [6.45, 7) is 0. The summed E-state index contributed by atoms with van der Waals surface area (Å²) in [6, 6.07) is 23.6. The van der Waals surface area contributed by atoms with Gasteiger partial charge < -0.3 is 0 Å². The summed E-state index contributed by atoms with van der Waals surface area (Å²) in [7, 11) is 0. The van der Waals surface area contributed by atoms with Crippen LogP contribution in [-0.2, 0) is 0 Å². The first-order chi connectivity index (χ1) is 12.2. The van der Waals surface area contributed by atoms with Crippen molar-refractivity contribution < 1.29 is 9.59 Å². The van der Waals surface area contributed by atoms with Gasteiger partial charge >= 0.3 is 0 Å². The van der Waals surface area contributed by atoms with Gasteiger partial charge in [-0.1, -0.05) is 66.7 Å². The molecule has 0 unspecified atom stereocenters. The number of hydrogen-bond donors (Lipinski definition) is 0. The summed E-state index contributed by atoms with van der Waals surface area (Å²) in [5.41, 5.74) is 2.69. The summed E-state index contributed by atoms with van der Waals surface area (Å²) in [5, 5.41) is 0.898.